The molecule has 1 amide bonds. The van der Waals surface area contributed by atoms with Crippen LogP contribution in [-0.2, 0) is 11.3 Å². The summed E-state index contributed by atoms with van der Waals surface area (Å²) in [5.74, 6) is 3.11. The molecule has 27 heavy (non-hydrogen) atoms. The predicted octanol–water partition coefficient (Wildman–Crippen LogP) is 3.31. The third kappa shape index (κ3) is 3.69. The van der Waals surface area contributed by atoms with E-state index in [2.05, 4.69) is 16.9 Å². The molecule has 4 rings (SSSR count). The van der Waals surface area contributed by atoms with Crippen molar-refractivity contribution in [2.45, 2.75) is 25.8 Å². The van der Waals surface area contributed by atoms with Gasteiger partial charge in [0, 0.05) is 19.0 Å². The molecule has 1 N–H and O–H groups in total. The normalized spacial score (nSPS) is 18.9. The van der Waals surface area contributed by atoms with Gasteiger partial charge in [-0.1, -0.05) is 19.1 Å². The maximum Gasteiger partial charge on any atom is 0.258 e. The highest BCUT2D eigenvalue weighted by atomic mass is 16.3. The topological polar surface area (TPSA) is 79.2 Å². The zero-order valence-electron chi connectivity index (χ0n) is 15.3. The molecule has 2 heterocycles. The summed E-state index contributed by atoms with van der Waals surface area (Å²) >= 11 is 0. The maximum atomic E-state index is 12.4. The van der Waals surface area contributed by atoms with Crippen LogP contribution >= 0.6 is 0 Å². The average molecular weight is 363 g/mol. The number of carbonyl (C=O) groups is 1. The molecule has 2 atom stereocenters. The molecule has 1 saturated carbocycles. The van der Waals surface area contributed by atoms with E-state index < -0.39 is 0 Å². The molecule has 0 radical (unpaired) electrons. The van der Waals surface area contributed by atoms with Crippen LogP contribution in [0.2, 0.25) is 0 Å². The van der Waals surface area contributed by atoms with Gasteiger partial charge in [0.1, 0.15) is 17.3 Å². The molecule has 138 valence electrons. The van der Waals surface area contributed by atoms with Crippen molar-refractivity contribution in [3.05, 3.63) is 70.2 Å². The van der Waals surface area contributed by atoms with Crippen molar-refractivity contribution in [3.63, 3.8) is 0 Å². The first-order valence-electron chi connectivity index (χ1n) is 9.02. The van der Waals surface area contributed by atoms with E-state index in [9.17, 15) is 9.59 Å². The maximum absolute atomic E-state index is 12.4. The van der Waals surface area contributed by atoms with Crippen LogP contribution < -0.4 is 5.56 Å². The van der Waals surface area contributed by atoms with Crippen LogP contribution in [-0.4, -0.2) is 27.8 Å². The molecular weight excluding hydrogens is 342 g/mol. The highest BCUT2D eigenvalue weighted by Gasteiger charge is 2.36. The van der Waals surface area contributed by atoms with Crippen LogP contribution in [0.25, 0.3) is 17.0 Å². The van der Waals surface area contributed by atoms with Crippen molar-refractivity contribution in [2.75, 3.05) is 7.05 Å². The first kappa shape index (κ1) is 17.3. The van der Waals surface area contributed by atoms with Gasteiger partial charge < -0.3 is 14.3 Å². The Balaban J connectivity index is 1.43. The number of nitrogens with zero attached hydrogens (tertiary/aromatic N) is 2. The minimum absolute atomic E-state index is 0.191. The molecule has 3 aromatic rings. The number of likely N-dealkylation sites (N-methyl/N-ethyl adjacent to an activating group) is 1. The SMILES string of the molecule is CC1CC1c1ccc(/C=C/C(=O)N(C)Cc2nc3ccccc3c(=O)[nH]2)o1. The number of carbonyl (C=O) groups excluding carboxylic acids is 1. The number of benzene rings is 1. The lowest BCUT2D eigenvalue weighted by Gasteiger charge is -2.14. The van der Waals surface area contributed by atoms with Gasteiger partial charge in [-0.25, -0.2) is 4.98 Å². The van der Waals surface area contributed by atoms with Crippen LogP contribution in [0.4, 0.5) is 0 Å². The third-order valence-electron chi connectivity index (χ3n) is 4.94. The molecule has 0 aliphatic heterocycles. The lowest BCUT2D eigenvalue weighted by molar-refractivity contribution is -0.125. The number of aromatic nitrogens is 2. The Kier molecular flexibility index (Phi) is 4.39. The van der Waals surface area contributed by atoms with Crippen LogP contribution in [0.15, 0.2) is 51.7 Å². The van der Waals surface area contributed by atoms with Crippen LogP contribution in [0.5, 0.6) is 0 Å². The Morgan fingerprint density at radius 1 is 1.33 bits per heavy atom. The summed E-state index contributed by atoms with van der Waals surface area (Å²) in [4.78, 5) is 33.1. The number of H-pyrrole nitrogens is 1. The summed E-state index contributed by atoms with van der Waals surface area (Å²) in [5.41, 5.74) is 0.412. The Morgan fingerprint density at radius 3 is 2.89 bits per heavy atom. The number of hydrogen-bond acceptors (Lipinski definition) is 4. The number of aromatic amines is 1. The van der Waals surface area contributed by atoms with Crippen molar-refractivity contribution in [1.82, 2.24) is 14.9 Å². The van der Waals surface area contributed by atoms with Gasteiger partial charge in [-0.05, 0) is 42.7 Å². The summed E-state index contributed by atoms with van der Waals surface area (Å²) in [6.07, 6.45) is 4.30. The fourth-order valence-electron chi connectivity index (χ4n) is 3.17. The molecule has 1 aromatic carbocycles. The fraction of sp³-hybridized carbons (Fsp3) is 0.286. The second-order valence-electron chi connectivity index (χ2n) is 7.12. The molecule has 2 aromatic heterocycles. The average Bonchev–Trinajstić information content (AvgIpc) is 3.20. The van der Waals surface area contributed by atoms with Crippen molar-refractivity contribution in [2.24, 2.45) is 5.92 Å². The number of amides is 1. The summed E-state index contributed by atoms with van der Waals surface area (Å²) in [6.45, 7) is 2.42. The van der Waals surface area contributed by atoms with Gasteiger partial charge in [0.2, 0.25) is 5.91 Å². The van der Waals surface area contributed by atoms with E-state index >= 15 is 0 Å². The molecule has 6 nitrogen and oxygen atoms in total. The van der Waals surface area contributed by atoms with Gasteiger partial charge >= 0.3 is 0 Å². The molecule has 0 saturated heterocycles. The second kappa shape index (κ2) is 6.87. The quantitative estimate of drug-likeness (QED) is 0.705. The first-order valence-corrected chi connectivity index (χ1v) is 9.02. The van der Waals surface area contributed by atoms with Crippen molar-refractivity contribution in [3.8, 4) is 0 Å². The van der Waals surface area contributed by atoms with E-state index in [0.29, 0.717) is 34.3 Å². The largest absolute Gasteiger partial charge is 0.461 e. The fourth-order valence-corrected chi connectivity index (χ4v) is 3.17. The van der Waals surface area contributed by atoms with E-state index in [1.165, 1.54) is 11.0 Å². The molecular formula is C21H21N3O3. The predicted molar refractivity (Wildman–Crippen MR) is 103 cm³/mol. The van der Waals surface area contributed by atoms with Gasteiger partial charge in [0.05, 0.1) is 17.4 Å². The van der Waals surface area contributed by atoms with Gasteiger partial charge in [-0.3, -0.25) is 9.59 Å². The Bertz CT molecular complexity index is 1080. The van der Waals surface area contributed by atoms with Gasteiger partial charge in [-0.15, -0.1) is 0 Å². The van der Waals surface area contributed by atoms with E-state index in [-0.39, 0.29) is 18.0 Å². The molecule has 1 aliphatic carbocycles. The van der Waals surface area contributed by atoms with E-state index in [1.807, 2.05) is 18.2 Å². The minimum atomic E-state index is -0.204. The highest BCUT2D eigenvalue weighted by Crippen LogP contribution is 2.47. The molecule has 1 fully saturated rings. The smallest absolute Gasteiger partial charge is 0.258 e. The third-order valence-corrected chi connectivity index (χ3v) is 4.94. The van der Waals surface area contributed by atoms with Crippen LogP contribution in [0.1, 0.15) is 36.6 Å². The zero-order valence-corrected chi connectivity index (χ0v) is 15.3. The standard InChI is InChI=1S/C21H21N3O3/c1-13-11-16(13)18-9-7-14(27-18)8-10-20(25)24(2)12-19-22-17-6-4-3-5-15(17)21(26)23-19/h3-10,13,16H,11-12H2,1-2H3,(H,22,23,26)/b10-8+. The van der Waals surface area contributed by atoms with Gasteiger partial charge in [-0.2, -0.15) is 0 Å². The number of rotatable bonds is 5. The summed E-state index contributed by atoms with van der Waals surface area (Å²) in [7, 11) is 1.67. The number of hydrogen-bond donors (Lipinski definition) is 1. The Morgan fingerprint density at radius 2 is 2.11 bits per heavy atom. The molecule has 2 unspecified atom stereocenters. The highest BCUT2D eigenvalue weighted by molar-refractivity contribution is 5.91. The monoisotopic (exact) mass is 363 g/mol. The second-order valence-corrected chi connectivity index (χ2v) is 7.12. The summed E-state index contributed by atoms with van der Waals surface area (Å²) < 4.78 is 5.77. The first-order chi connectivity index (χ1) is 13.0. The van der Waals surface area contributed by atoms with Crippen molar-refractivity contribution < 1.29 is 9.21 Å². The lowest BCUT2D eigenvalue weighted by Crippen LogP contribution is -2.26. The summed E-state index contributed by atoms with van der Waals surface area (Å²) in [6, 6.07) is 11.0. The number of para-hydroxylation sites is 1. The molecule has 1 aliphatic rings. The van der Waals surface area contributed by atoms with E-state index in [1.54, 1.807) is 31.3 Å². The summed E-state index contributed by atoms with van der Waals surface area (Å²) in [5, 5.41) is 0.536. The molecule has 0 spiro atoms. The van der Waals surface area contributed by atoms with Gasteiger partial charge in [0.25, 0.3) is 5.56 Å². The molecule has 6 heteroatoms. The van der Waals surface area contributed by atoms with Crippen molar-refractivity contribution in [1.29, 1.82) is 0 Å². The van der Waals surface area contributed by atoms with E-state index in [4.69, 9.17) is 4.42 Å². The van der Waals surface area contributed by atoms with Crippen LogP contribution in [0, 0.1) is 5.92 Å². The van der Waals surface area contributed by atoms with E-state index in [0.717, 1.165) is 12.2 Å². The molecule has 0 bridgehead atoms. The zero-order chi connectivity index (χ0) is 19.0. The lowest BCUT2D eigenvalue weighted by atomic mass is 10.2. The Hall–Kier alpha value is -3.15. The Labute approximate surface area is 156 Å². The number of furan rings is 1. The number of nitrogens with one attached hydrogen (secondary N) is 1. The minimum Gasteiger partial charge on any atom is -0.461 e. The number of fused-ring (bicyclic) bond motifs is 1. The van der Waals surface area contributed by atoms with Gasteiger partial charge in [0.15, 0.2) is 0 Å². The van der Waals surface area contributed by atoms with Crippen LogP contribution in [0.3, 0.4) is 0 Å². The van der Waals surface area contributed by atoms with Crippen molar-refractivity contribution >= 4 is 22.9 Å².